The van der Waals surface area contributed by atoms with E-state index >= 15 is 0 Å². The summed E-state index contributed by atoms with van der Waals surface area (Å²) in [6.45, 7) is 0.491. The lowest BCUT2D eigenvalue weighted by atomic mass is 10.0. The largest absolute Gasteiger partial charge is 0.370 e. The number of rotatable bonds is 6. The fraction of sp³-hybridized carbons (Fsp3) is 0.136. The van der Waals surface area contributed by atoms with E-state index in [1.165, 1.54) is 44.0 Å². The molecule has 0 spiro atoms. The predicted molar refractivity (Wildman–Crippen MR) is 113 cm³/mol. The van der Waals surface area contributed by atoms with Gasteiger partial charge in [-0.15, -0.1) is 0 Å². The van der Waals surface area contributed by atoms with Gasteiger partial charge in [-0.05, 0) is 36.2 Å². The standard InChI is InChI=1S/C22H18F2N6O/c1-25-22(31)15-7-9-27-21-13(2-4-16(23)20(15)21)6-8-26-19-10-17(29-12-30-19)14-3-5-18(24)28-11-14/h2-5,7,9-12H,6,8H2,1H3,(H,25,31)(H,26,29,30). The van der Waals surface area contributed by atoms with Gasteiger partial charge in [-0.3, -0.25) is 9.78 Å². The fourth-order valence-corrected chi connectivity index (χ4v) is 3.27. The molecule has 1 amide bonds. The van der Waals surface area contributed by atoms with Crippen LogP contribution < -0.4 is 10.6 Å². The highest BCUT2D eigenvalue weighted by atomic mass is 19.1. The van der Waals surface area contributed by atoms with E-state index in [0.717, 1.165) is 5.56 Å². The molecular formula is C22H18F2N6O. The average Bonchev–Trinajstić information content (AvgIpc) is 2.80. The van der Waals surface area contributed by atoms with Gasteiger partial charge in [-0.2, -0.15) is 4.39 Å². The van der Waals surface area contributed by atoms with Crippen LogP contribution in [0, 0.1) is 11.8 Å². The van der Waals surface area contributed by atoms with Gasteiger partial charge in [0, 0.05) is 43.0 Å². The SMILES string of the molecule is CNC(=O)c1ccnc2c(CCNc3cc(-c4ccc(F)nc4)ncn3)ccc(F)c12. The summed E-state index contributed by atoms with van der Waals surface area (Å²) in [5.74, 6) is -0.840. The minimum atomic E-state index is -0.559. The topological polar surface area (TPSA) is 92.7 Å². The Hall–Kier alpha value is -4.01. The first-order chi connectivity index (χ1) is 15.1. The second-order valence-electron chi connectivity index (χ2n) is 6.70. The van der Waals surface area contributed by atoms with E-state index in [0.29, 0.717) is 35.6 Å². The van der Waals surface area contributed by atoms with Gasteiger partial charge in [-0.1, -0.05) is 6.07 Å². The molecule has 1 aromatic carbocycles. The molecule has 156 valence electrons. The van der Waals surface area contributed by atoms with Crippen molar-refractivity contribution in [1.82, 2.24) is 25.3 Å². The molecule has 4 aromatic rings. The Kier molecular flexibility index (Phi) is 5.74. The van der Waals surface area contributed by atoms with E-state index in [2.05, 4.69) is 30.6 Å². The normalized spacial score (nSPS) is 10.8. The predicted octanol–water partition coefficient (Wildman–Crippen LogP) is 3.38. The quantitative estimate of drug-likeness (QED) is 0.465. The van der Waals surface area contributed by atoms with Crippen molar-refractivity contribution in [2.45, 2.75) is 6.42 Å². The van der Waals surface area contributed by atoms with Crippen LogP contribution in [0.15, 0.2) is 55.1 Å². The van der Waals surface area contributed by atoms with Gasteiger partial charge in [0.15, 0.2) is 0 Å². The number of carbonyl (C=O) groups is 1. The van der Waals surface area contributed by atoms with Crippen molar-refractivity contribution in [3.8, 4) is 11.3 Å². The van der Waals surface area contributed by atoms with Crippen LogP contribution in [0.4, 0.5) is 14.6 Å². The van der Waals surface area contributed by atoms with Crippen LogP contribution in [0.3, 0.4) is 0 Å². The summed E-state index contributed by atoms with van der Waals surface area (Å²) in [6.07, 6.45) is 4.84. The molecule has 0 unspecified atom stereocenters. The summed E-state index contributed by atoms with van der Waals surface area (Å²) in [5.41, 5.74) is 2.76. The number of amides is 1. The van der Waals surface area contributed by atoms with Crippen molar-refractivity contribution in [2.24, 2.45) is 0 Å². The second kappa shape index (κ2) is 8.78. The molecule has 0 saturated carbocycles. The van der Waals surface area contributed by atoms with Crippen LogP contribution >= 0.6 is 0 Å². The molecule has 0 radical (unpaired) electrons. The zero-order valence-corrected chi connectivity index (χ0v) is 16.6. The lowest BCUT2D eigenvalue weighted by Crippen LogP contribution is -2.18. The van der Waals surface area contributed by atoms with Gasteiger partial charge in [0.2, 0.25) is 5.95 Å². The van der Waals surface area contributed by atoms with Gasteiger partial charge in [-0.25, -0.2) is 19.3 Å². The maximum Gasteiger partial charge on any atom is 0.251 e. The van der Waals surface area contributed by atoms with Crippen LogP contribution in [-0.2, 0) is 6.42 Å². The highest BCUT2D eigenvalue weighted by Crippen LogP contribution is 2.24. The number of aromatic nitrogens is 4. The Balaban J connectivity index is 1.53. The van der Waals surface area contributed by atoms with E-state index in [1.807, 2.05) is 0 Å². The molecule has 0 fully saturated rings. The van der Waals surface area contributed by atoms with Gasteiger partial charge in [0.25, 0.3) is 5.91 Å². The van der Waals surface area contributed by atoms with Crippen LogP contribution in [0.25, 0.3) is 22.2 Å². The van der Waals surface area contributed by atoms with Crippen LogP contribution in [0.2, 0.25) is 0 Å². The first-order valence-electron chi connectivity index (χ1n) is 9.53. The van der Waals surface area contributed by atoms with Crippen molar-refractivity contribution >= 4 is 22.6 Å². The zero-order chi connectivity index (χ0) is 21.8. The fourth-order valence-electron chi connectivity index (χ4n) is 3.27. The van der Waals surface area contributed by atoms with Crippen molar-refractivity contribution < 1.29 is 13.6 Å². The van der Waals surface area contributed by atoms with Gasteiger partial charge in [0.05, 0.1) is 16.8 Å². The minimum Gasteiger partial charge on any atom is -0.370 e. The van der Waals surface area contributed by atoms with E-state index in [-0.39, 0.29) is 16.9 Å². The first kappa shape index (κ1) is 20.3. The number of pyridine rings is 2. The highest BCUT2D eigenvalue weighted by molar-refractivity contribution is 6.06. The van der Waals surface area contributed by atoms with Crippen LogP contribution in [-0.4, -0.2) is 39.4 Å². The summed E-state index contributed by atoms with van der Waals surface area (Å²) >= 11 is 0. The first-order valence-corrected chi connectivity index (χ1v) is 9.53. The molecule has 0 saturated heterocycles. The molecule has 31 heavy (non-hydrogen) atoms. The number of benzene rings is 1. The lowest BCUT2D eigenvalue weighted by Gasteiger charge is -2.11. The third-order valence-electron chi connectivity index (χ3n) is 4.79. The Morgan fingerprint density at radius 2 is 1.90 bits per heavy atom. The molecule has 3 heterocycles. The molecule has 0 aliphatic heterocycles. The summed E-state index contributed by atoms with van der Waals surface area (Å²) < 4.78 is 27.5. The zero-order valence-electron chi connectivity index (χ0n) is 16.6. The van der Waals surface area contributed by atoms with Crippen molar-refractivity contribution in [3.05, 3.63) is 78.0 Å². The lowest BCUT2D eigenvalue weighted by molar-refractivity contribution is 0.0964. The third-order valence-corrected chi connectivity index (χ3v) is 4.79. The number of carbonyl (C=O) groups excluding carboxylic acids is 1. The molecule has 4 rings (SSSR count). The van der Waals surface area contributed by atoms with Gasteiger partial charge >= 0.3 is 0 Å². The minimum absolute atomic E-state index is 0.201. The molecule has 2 N–H and O–H groups in total. The average molecular weight is 420 g/mol. The Labute approximate surface area is 176 Å². The van der Waals surface area contributed by atoms with Crippen LogP contribution in [0.1, 0.15) is 15.9 Å². The van der Waals surface area contributed by atoms with E-state index in [1.54, 1.807) is 18.2 Å². The Morgan fingerprint density at radius 1 is 1.03 bits per heavy atom. The van der Waals surface area contributed by atoms with E-state index in [4.69, 9.17) is 0 Å². The molecule has 9 heteroatoms. The number of anilines is 1. The van der Waals surface area contributed by atoms with Crippen molar-refractivity contribution in [3.63, 3.8) is 0 Å². The van der Waals surface area contributed by atoms with Crippen LogP contribution in [0.5, 0.6) is 0 Å². The smallest absolute Gasteiger partial charge is 0.251 e. The maximum absolute atomic E-state index is 14.5. The summed E-state index contributed by atoms with van der Waals surface area (Å²) in [7, 11) is 1.50. The number of nitrogens with zero attached hydrogens (tertiary/aromatic N) is 4. The second-order valence-corrected chi connectivity index (χ2v) is 6.70. The number of hydrogen-bond donors (Lipinski definition) is 2. The summed E-state index contributed by atoms with van der Waals surface area (Å²) in [4.78, 5) is 28.4. The third kappa shape index (κ3) is 4.30. The Bertz CT molecular complexity index is 1250. The van der Waals surface area contributed by atoms with E-state index in [9.17, 15) is 13.6 Å². The molecule has 3 aromatic heterocycles. The van der Waals surface area contributed by atoms with Crippen molar-refractivity contribution in [2.75, 3.05) is 18.9 Å². The number of halogens is 2. The molecule has 0 aliphatic carbocycles. The maximum atomic E-state index is 14.5. The molecular weight excluding hydrogens is 402 g/mol. The van der Waals surface area contributed by atoms with Gasteiger partial charge in [0.1, 0.15) is 18.0 Å². The summed E-state index contributed by atoms with van der Waals surface area (Å²) in [6, 6.07) is 9.10. The number of nitrogens with one attached hydrogen (secondary N) is 2. The Morgan fingerprint density at radius 3 is 2.68 bits per heavy atom. The highest BCUT2D eigenvalue weighted by Gasteiger charge is 2.15. The molecule has 7 nitrogen and oxygen atoms in total. The number of fused-ring (bicyclic) bond motifs is 1. The van der Waals surface area contributed by atoms with E-state index < -0.39 is 11.8 Å². The summed E-state index contributed by atoms with van der Waals surface area (Å²) in [5, 5.41) is 5.92. The monoisotopic (exact) mass is 420 g/mol. The molecule has 0 atom stereocenters. The van der Waals surface area contributed by atoms with Gasteiger partial charge < -0.3 is 10.6 Å². The molecule has 0 bridgehead atoms. The van der Waals surface area contributed by atoms with Crippen molar-refractivity contribution in [1.29, 1.82) is 0 Å². The number of hydrogen-bond acceptors (Lipinski definition) is 6. The molecule has 0 aliphatic rings.